The Kier molecular flexibility index (Phi) is 5.29. The van der Waals surface area contributed by atoms with Gasteiger partial charge in [0.25, 0.3) is 0 Å². The van der Waals surface area contributed by atoms with Crippen molar-refractivity contribution in [3.63, 3.8) is 0 Å². The lowest BCUT2D eigenvalue weighted by Crippen LogP contribution is -2.51. The van der Waals surface area contributed by atoms with Gasteiger partial charge >= 0.3 is 0 Å². The summed E-state index contributed by atoms with van der Waals surface area (Å²) in [5.41, 5.74) is -0.323. The molecule has 27 heavy (non-hydrogen) atoms. The van der Waals surface area contributed by atoms with Crippen molar-refractivity contribution in [3.8, 4) is 11.8 Å². The number of rotatable bonds is 5. The summed E-state index contributed by atoms with van der Waals surface area (Å²) in [6.45, 7) is 1.42. The quantitative estimate of drug-likeness (QED) is 0.786. The van der Waals surface area contributed by atoms with Crippen LogP contribution in [0.2, 0.25) is 0 Å². The van der Waals surface area contributed by atoms with Gasteiger partial charge in [0, 0.05) is 23.6 Å². The molecule has 0 N–H and O–H groups in total. The van der Waals surface area contributed by atoms with Gasteiger partial charge in [0.1, 0.15) is 6.10 Å². The summed E-state index contributed by atoms with van der Waals surface area (Å²) in [5.74, 6) is 1.21. The molecular weight excluding hydrogens is 362 g/mol. The van der Waals surface area contributed by atoms with E-state index in [1.54, 1.807) is 30.6 Å². The van der Waals surface area contributed by atoms with Gasteiger partial charge in [-0.05, 0) is 37.1 Å². The molecule has 1 saturated heterocycles. The molecule has 0 spiro atoms. The highest BCUT2D eigenvalue weighted by molar-refractivity contribution is 7.10. The summed E-state index contributed by atoms with van der Waals surface area (Å²) in [4.78, 5) is 16.8. The number of amides is 1. The molecule has 3 heterocycles. The number of carbonyl (C=O) groups is 1. The largest absolute Gasteiger partial charge is 0.480 e. The number of aromatic nitrogens is 2. The van der Waals surface area contributed by atoms with E-state index in [1.807, 2.05) is 4.90 Å². The van der Waals surface area contributed by atoms with Crippen molar-refractivity contribution in [2.24, 2.45) is 0 Å². The van der Waals surface area contributed by atoms with Gasteiger partial charge in [-0.25, -0.2) is 0 Å². The number of ether oxygens (including phenoxy) is 2. The molecule has 2 fully saturated rings. The van der Waals surface area contributed by atoms with Crippen molar-refractivity contribution in [2.45, 2.75) is 50.0 Å². The number of hydrogen-bond acceptors (Lipinski definition) is 6. The van der Waals surface area contributed by atoms with Gasteiger partial charge in [0.2, 0.25) is 17.7 Å². The third kappa shape index (κ3) is 3.65. The molecule has 2 aromatic rings. The zero-order chi connectivity index (χ0) is 18.7. The number of nitrogens with zero attached hydrogens (tertiary/aromatic N) is 3. The van der Waals surface area contributed by atoms with Crippen LogP contribution < -0.4 is 9.47 Å². The van der Waals surface area contributed by atoms with Gasteiger partial charge in [-0.1, -0.05) is 18.9 Å². The monoisotopic (exact) mass is 387 g/mol. The Morgan fingerprint density at radius 2 is 1.96 bits per heavy atom. The zero-order valence-electron chi connectivity index (χ0n) is 15.6. The number of carbonyl (C=O) groups excluding carboxylic acids is 1. The van der Waals surface area contributed by atoms with Crippen LogP contribution in [0, 0.1) is 0 Å². The fourth-order valence-electron chi connectivity index (χ4n) is 4.27. The third-order valence-corrected chi connectivity index (χ3v) is 6.71. The molecule has 2 aliphatic rings. The van der Waals surface area contributed by atoms with Crippen LogP contribution in [-0.4, -0.2) is 47.3 Å². The molecule has 1 aliphatic carbocycles. The molecular formula is C20H25N3O3S. The Morgan fingerprint density at radius 3 is 2.63 bits per heavy atom. The Labute approximate surface area is 163 Å². The number of piperidine rings is 1. The average molecular weight is 388 g/mol. The minimum absolute atomic E-state index is 0.0489. The molecule has 1 aliphatic heterocycles. The van der Waals surface area contributed by atoms with Crippen LogP contribution in [0.3, 0.4) is 0 Å². The Balaban J connectivity index is 1.46. The van der Waals surface area contributed by atoms with Gasteiger partial charge in [0.05, 0.1) is 19.1 Å². The molecule has 1 saturated carbocycles. The Morgan fingerprint density at radius 1 is 1.19 bits per heavy atom. The maximum Gasteiger partial charge on any atom is 0.234 e. The molecule has 144 valence electrons. The van der Waals surface area contributed by atoms with Crippen LogP contribution in [0.4, 0.5) is 0 Å². The molecule has 1 amide bonds. The van der Waals surface area contributed by atoms with E-state index in [4.69, 9.17) is 9.47 Å². The minimum atomic E-state index is -0.323. The summed E-state index contributed by atoms with van der Waals surface area (Å²) < 4.78 is 11.0. The lowest BCUT2D eigenvalue weighted by Gasteiger charge is -2.38. The van der Waals surface area contributed by atoms with E-state index < -0.39 is 0 Å². The molecule has 6 nitrogen and oxygen atoms in total. The predicted molar refractivity (Wildman–Crippen MR) is 103 cm³/mol. The Bertz CT molecular complexity index is 757. The van der Waals surface area contributed by atoms with Crippen LogP contribution in [0.1, 0.15) is 43.4 Å². The van der Waals surface area contributed by atoms with E-state index in [2.05, 4.69) is 27.7 Å². The summed E-state index contributed by atoms with van der Waals surface area (Å²) in [6.07, 6.45) is 5.98. The SMILES string of the molecule is COc1ccc(OC2CCCN(C(=O)C3(c4cccs4)CCCC3)C2)nn1. The second-order valence-electron chi connectivity index (χ2n) is 7.31. The van der Waals surface area contributed by atoms with Crippen LogP contribution in [-0.2, 0) is 10.2 Å². The van der Waals surface area contributed by atoms with E-state index in [0.717, 1.165) is 45.1 Å². The number of methoxy groups -OCH3 is 1. The first kappa shape index (κ1) is 18.2. The number of hydrogen-bond donors (Lipinski definition) is 0. The molecule has 0 bridgehead atoms. The Hall–Kier alpha value is -2.15. The highest BCUT2D eigenvalue weighted by Gasteiger charge is 2.46. The highest BCUT2D eigenvalue weighted by atomic mass is 32.1. The van der Waals surface area contributed by atoms with Gasteiger partial charge in [0.15, 0.2) is 0 Å². The van der Waals surface area contributed by atoms with E-state index in [0.29, 0.717) is 18.3 Å². The molecule has 0 radical (unpaired) electrons. The van der Waals surface area contributed by atoms with Crippen molar-refractivity contribution >= 4 is 17.2 Å². The van der Waals surface area contributed by atoms with Crippen LogP contribution in [0.15, 0.2) is 29.6 Å². The number of likely N-dealkylation sites (tertiary alicyclic amines) is 1. The van der Waals surface area contributed by atoms with Crippen molar-refractivity contribution in [2.75, 3.05) is 20.2 Å². The maximum atomic E-state index is 13.5. The van der Waals surface area contributed by atoms with Crippen molar-refractivity contribution in [1.82, 2.24) is 15.1 Å². The topological polar surface area (TPSA) is 64.6 Å². The van der Waals surface area contributed by atoms with Crippen LogP contribution in [0.25, 0.3) is 0 Å². The van der Waals surface area contributed by atoms with E-state index in [1.165, 1.54) is 4.88 Å². The van der Waals surface area contributed by atoms with E-state index in [-0.39, 0.29) is 17.4 Å². The van der Waals surface area contributed by atoms with Crippen molar-refractivity contribution in [3.05, 3.63) is 34.5 Å². The predicted octanol–water partition coefficient (Wildman–Crippen LogP) is 3.43. The summed E-state index contributed by atoms with van der Waals surface area (Å²) in [5, 5.41) is 10.1. The first-order chi connectivity index (χ1) is 13.2. The molecule has 0 aromatic carbocycles. The molecule has 1 atom stereocenters. The first-order valence-corrected chi connectivity index (χ1v) is 10.5. The molecule has 7 heteroatoms. The third-order valence-electron chi connectivity index (χ3n) is 5.64. The fraction of sp³-hybridized carbons (Fsp3) is 0.550. The number of thiophene rings is 1. The van der Waals surface area contributed by atoms with Crippen molar-refractivity contribution < 1.29 is 14.3 Å². The zero-order valence-corrected chi connectivity index (χ0v) is 16.4. The normalized spacial score (nSPS) is 21.8. The van der Waals surface area contributed by atoms with E-state index in [9.17, 15) is 4.79 Å². The second kappa shape index (κ2) is 7.84. The minimum Gasteiger partial charge on any atom is -0.480 e. The summed E-state index contributed by atoms with van der Waals surface area (Å²) in [7, 11) is 1.56. The maximum absolute atomic E-state index is 13.5. The van der Waals surface area contributed by atoms with Gasteiger partial charge < -0.3 is 14.4 Å². The van der Waals surface area contributed by atoms with E-state index >= 15 is 0 Å². The standard InChI is InChI=1S/C20H25N3O3S/c1-25-17-8-9-18(22-21-17)26-15-6-4-12-23(14-15)19(24)20(10-2-3-11-20)16-7-5-13-27-16/h5,7-9,13,15H,2-4,6,10-12,14H2,1H3. The highest BCUT2D eigenvalue weighted by Crippen LogP contribution is 2.44. The smallest absolute Gasteiger partial charge is 0.234 e. The second-order valence-corrected chi connectivity index (χ2v) is 8.26. The lowest BCUT2D eigenvalue weighted by atomic mass is 9.82. The summed E-state index contributed by atoms with van der Waals surface area (Å²) >= 11 is 1.71. The summed E-state index contributed by atoms with van der Waals surface area (Å²) in [6, 6.07) is 7.67. The van der Waals surface area contributed by atoms with Crippen LogP contribution in [0.5, 0.6) is 11.8 Å². The average Bonchev–Trinajstić information content (AvgIpc) is 3.41. The molecule has 4 rings (SSSR count). The fourth-order valence-corrected chi connectivity index (χ4v) is 5.24. The van der Waals surface area contributed by atoms with Gasteiger partial charge in [-0.15, -0.1) is 21.5 Å². The first-order valence-electron chi connectivity index (χ1n) is 9.59. The van der Waals surface area contributed by atoms with Gasteiger partial charge in [-0.3, -0.25) is 4.79 Å². The molecule has 2 aromatic heterocycles. The van der Waals surface area contributed by atoms with Gasteiger partial charge in [-0.2, -0.15) is 0 Å². The van der Waals surface area contributed by atoms with Crippen molar-refractivity contribution in [1.29, 1.82) is 0 Å². The van der Waals surface area contributed by atoms with Crippen LogP contribution >= 0.6 is 11.3 Å². The molecule has 1 unspecified atom stereocenters. The lowest BCUT2D eigenvalue weighted by molar-refractivity contribution is -0.140.